The van der Waals surface area contributed by atoms with E-state index in [9.17, 15) is 4.79 Å². The van der Waals surface area contributed by atoms with Gasteiger partial charge in [-0.25, -0.2) is 4.79 Å². The minimum Gasteiger partial charge on any atom is -0.463 e. The minimum atomic E-state index is -0.341. The minimum absolute atomic E-state index is 0.341. The monoisotopic (exact) mass is 214 g/mol. The van der Waals surface area contributed by atoms with Crippen LogP contribution in [0.25, 0.3) is 5.57 Å². The molecule has 0 spiro atoms. The van der Waals surface area contributed by atoms with Gasteiger partial charge in [0.1, 0.15) is 0 Å². The van der Waals surface area contributed by atoms with E-state index >= 15 is 0 Å². The molecule has 0 saturated carbocycles. The van der Waals surface area contributed by atoms with E-state index in [1.54, 1.807) is 6.92 Å². The fourth-order valence-electron chi connectivity index (χ4n) is 1.39. The van der Waals surface area contributed by atoms with Crippen molar-refractivity contribution < 1.29 is 9.53 Å². The van der Waals surface area contributed by atoms with Gasteiger partial charge in [0.05, 0.1) is 6.61 Å². The highest BCUT2D eigenvalue weighted by atomic mass is 16.5. The van der Waals surface area contributed by atoms with Crippen LogP contribution < -0.4 is 0 Å². The Bertz CT molecular complexity index is 450. The zero-order chi connectivity index (χ0) is 12.0. The second-order valence-corrected chi connectivity index (χ2v) is 3.27. The molecule has 1 rings (SSSR count). The Kier molecular flexibility index (Phi) is 4.35. The number of ether oxygens (including phenoxy) is 1. The van der Waals surface area contributed by atoms with Gasteiger partial charge in [0.2, 0.25) is 0 Å². The average molecular weight is 214 g/mol. The SMILES string of the molecule is C#Cc1ccccc1/C(C)=C/C(=O)OCC. The third-order valence-corrected chi connectivity index (χ3v) is 2.13. The molecule has 0 heterocycles. The van der Waals surface area contributed by atoms with Crippen LogP contribution in [0.1, 0.15) is 25.0 Å². The molecule has 2 nitrogen and oxygen atoms in total. The Hall–Kier alpha value is -2.01. The van der Waals surface area contributed by atoms with Crippen molar-refractivity contribution in [2.75, 3.05) is 6.61 Å². The zero-order valence-corrected chi connectivity index (χ0v) is 9.49. The summed E-state index contributed by atoms with van der Waals surface area (Å²) >= 11 is 0. The maximum atomic E-state index is 11.3. The van der Waals surface area contributed by atoms with Crippen LogP contribution in [0.2, 0.25) is 0 Å². The Morgan fingerprint density at radius 2 is 2.19 bits per heavy atom. The summed E-state index contributed by atoms with van der Waals surface area (Å²) in [4.78, 5) is 11.3. The fourth-order valence-corrected chi connectivity index (χ4v) is 1.39. The van der Waals surface area contributed by atoms with Crippen LogP contribution in [0.5, 0.6) is 0 Å². The molecule has 0 radical (unpaired) electrons. The molecular weight excluding hydrogens is 200 g/mol. The zero-order valence-electron chi connectivity index (χ0n) is 9.49. The molecule has 0 bridgehead atoms. The lowest BCUT2D eigenvalue weighted by atomic mass is 10.0. The Morgan fingerprint density at radius 1 is 1.50 bits per heavy atom. The molecule has 1 aromatic rings. The molecule has 0 aromatic heterocycles. The van der Waals surface area contributed by atoms with Crippen LogP contribution in [0, 0.1) is 12.3 Å². The lowest BCUT2D eigenvalue weighted by molar-refractivity contribution is -0.137. The molecule has 0 unspecified atom stereocenters. The summed E-state index contributed by atoms with van der Waals surface area (Å²) < 4.78 is 4.84. The first kappa shape index (κ1) is 12.1. The normalized spacial score (nSPS) is 10.7. The van der Waals surface area contributed by atoms with Gasteiger partial charge >= 0.3 is 5.97 Å². The van der Waals surface area contributed by atoms with Gasteiger partial charge in [-0.15, -0.1) is 6.42 Å². The van der Waals surface area contributed by atoms with E-state index < -0.39 is 0 Å². The quantitative estimate of drug-likeness (QED) is 0.439. The number of carbonyl (C=O) groups is 1. The molecule has 1 aromatic carbocycles. The van der Waals surface area contributed by atoms with E-state index in [0.717, 1.165) is 16.7 Å². The molecular formula is C14H14O2. The summed E-state index contributed by atoms with van der Waals surface area (Å²) in [5.74, 6) is 2.25. The highest BCUT2D eigenvalue weighted by Gasteiger charge is 2.04. The van der Waals surface area contributed by atoms with Crippen molar-refractivity contribution in [2.45, 2.75) is 13.8 Å². The third-order valence-electron chi connectivity index (χ3n) is 2.13. The number of rotatable bonds is 3. The van der Waals surface area contributed by atoms with E-state index in [-0.39, 0.29) is 5.97 Å². The number of hydrogen-bond donors (Lipinski definition) is 0. The lowest BCUT2D eigenvalue weighted by Gasteiger charge is -2.04. The first-order valence-corrected chi connectivity index (χ1v) is 5.10. The number of terminal acetylenes is 1. The molecule has 0 fully saturated rings. The van der Waals surface area contributed by atoms with Crippen LogP contribution in [0.15, 0.2) is 30.3 Å². The standard InChI is InChI=1S/C14H14O2/c1-4-12-8-6-7-9-13(12)11(3)10-14(15)16-5-2/h1,6-10H,5H2,2-3H3/b11-10+. The second-order valence-electron chi connectivity index (χ2n) is 3.27. The van der Waals surface area contributed by atoms with Gasteiger partial charge < -0.3 is 4.74 Å². The molecule has 82 valence electrons. The van der Waals surface area contributed by atoms with Crippen molar-refractivity contribution in [3.05, 3.63) is 41.5 Å². The Labute approximate surface area is 95.9 Å². The predicted molar refractivity (Wildman–Crippen MR) is 64.7 cm³/mol. The highest BCUT2D eigenvalue weighted by Crippen LogP contribution is 2.17. The number of esters is 1. The second kappa shape index (κ2) is 5.77. The van der Waals surface area contributed by atoms with E-state index in [1.165, 1.54) is 6.08 Å². The summed E-state index contributed by atoms with van der Waals surface area (Å²) in [6.45, 7) is 3.99. The third kappa shape index (κ3) is 2.99. The average Bonchev–Trinajstić information content (AvgIpc) is 2.29. The van der Waals surface area contributed by atoms with E-state index in [2.05, 4.69) is 5.92 Å². The maximum absolute atomic E-state index is 11.3. The van der Waals surface area contributed by atoms with Gasteiger partial charge in [-0.05, 0) is 31.1 Å². The number of allylic oxidation sites excluding steroid dienone is 1. The predicted octanol–water partition coefficient (Wildman–Crippen LogP) is 2.63. The summed E-state index contributed by atoms with van der Waals surface area (Å²) in [7, 11) is 0. The topological polar surface area (TPSA) is 26.3 Å². The van der Waals surface area contributed by atoms with Crippen molar-refractivity contribution in [3.63, 3.8) is 0 Å². The molecule has 2 heteroatoms. The van der Waals surface area contributed by atoms with Gasteiger partial charge in [0.25, 0.3) is 0 Å². The maximum Gasteiger partial charge on any atom is 0.331 e. The Balaban J connectivity index is 3.01. The number of benzene rings is 1. The van der Waals surface area contributed by atoms with Crippen molar-refractivity contribution in [1.29, 1.82) is 0 Å². The van der Waals surface area contributed by atoms with Crippen molar-refractivity contribution >= 4 is 11.5 Å². The van der Waals surface area contributed by atoms with Crippen LogP contribution in [-0.2, 0) is 9.53 Å². The van der Waals surface area contributed by atoms with Crippen LogP contribution >= 0.6 is 0 Å². The number of carbonyl (C=O) groups excluding carboxylic acids is 1. The largest absolute Gasteiger partial charge is 0.463 e. The van der Waals surface area contributed by atoms with E-state index in [4.69, 9.17) is 11.2 Å². The van der Waals surface area contributed by atoms with Crippen LogP contribution in [-0.4, -0.2) is 12.6 Å². The molecule has 0 aliphatic heterocycles. The molecule has 0 saturated heterocycles. The van der Waals surface area contributed by atoms with Crippen LogP contribution in [0.4, 0.5) is 0 Å². The van der Waals surface area contributed by atoms with Gasteiger partial charge in [-0.1, -0.05) is 24.1 Å². The van der Waals surface area contributed by atoms with E-state index in [0.29, 0.717) is 6.61 Å². The summed E-state index contributed by atoms with van der Waals surface area (Å²) in [5, 5.41) is 0. The molecule has 0 atom stereocenters. The molecule has 0 amide bonds. The smallest absolute Gasteiger partial charge is 0.331 e. The van der Waals surface area contributed by atoms with Gasteiger partial charge in [-0.2, -0.15) is 0 Å². The van der Waals surface area contributed by atoms with Gasteiger partial charge in [0, 0.05) is 11.6 Å². The highest BCUT2D eigenvalue weighted by molar-refractivity contribution is 5.91. The fraction of sp³-hybridized carbons (Fsp3) is 0.214. The molecule has 0 aliphatic carbocycles. The van der Waals surface area contributed by atoms with Gasteiger partial charge in [-0.3, -0.25) is 0 Å². The Morgan fingerprint density at radius 3 is 2.81 bits per heavy atom. The first-order valence-electron chi connectivity index (χ1n) is 5.10. The van der Waals surface area contributed by atoms with Gasteiger partial charge in [0.15, 0.2) is 0 Å². The van der Waals surface area contributed by atoms with Crippen molar-refractivity contribution in [2.24, 2.45) is 0 Å². The van der Waals surface area contributed by atoms with Crippen molar-refractivity contribution in [3.8, 4) is 12.3 Å². The van der Waals surface area contributed by atoms with E-state index in [1.807, 2.05) is 31.2 Å². The van der Waals surface area contributed by atoms with Crippen LogP contribution in [0.3, 0.4) is 0 Å². The molecule has 16 heavy (non-hydrogen) atoms. The number of hydrogen-bond acceptors (Lipinski definition) is 2. The summed E-state index contributed by atoms with van der Waals surface area (Å²) in [6, 6.07) is 7.49. The summed E-state index contributed by atoms with van der Waals surface area (Å²) in [6.07, 6.45) is 6.84. The summed E-state index contributed by atoms with van der Waals surface area (Å²) in [5.41, 5.74) is 2.48. The molecule has 0 N–H and O–H groups in total. The lowest BCUT2D eigenvalue weighted by Crippen LogP contribution is -2.00. The molecule has 0 aliphatic rings. The first-order chi connectivity index (χ1) is 7.69. The van der Waals surface area contributed by atoms with Crippen molar-refractivity contribution in [1.82, 2.24) is 0 Å².